The van der Waals surface area contributed by atoms with Gasteiger partial charge in [-0.25, -0.2) is 55.7 Å². The molecule has 0 bridgehead atoms. The summed E-state index contributed by atoms with van der Waals surface area (Å²) in [5, 5.41) is 42.5. The van der Waals surface area contributed by atoms with Crippen molar-refractivity contribution in [2.45, 2.75) is 228 Å². The maximum absolute atomic E-state index is 12.6. The number of aromatic nitrogens is 4. The third kappa shape index (κ3) is 18.3. The van der Waals surface area contributed by atoms with E-state index in [4.69, 9.17) is 88.3 Å². The first-order valence-electron chi connectivity index (χ1n) is 31.7. The SMILES string of the molecule is CCC1(NS(=O)C(C)(C)C)COc2c1cc(C(C)(O)CN)nc2Cl.CC[C@@]1(NS(=O)C(C)(C)C)COc2c1cc([C@](C)(O)CN)nc2Cl.CC[C@]1(NS(=O)C(C)(C)C)COc2c1cc([C@@](C)(O)CN)nc2Cl.CC[C@]1(NS(=O)C(C)(C)C)COc2c1cc([C@](C)(O)CN)nc2Cl. The summed E-state index contributed by atoms with van der Waals surface area (Å²) in [7, 11) is -5.16. The Hall–Kier alpha value is -2.92. The maximum atomic E-state index is 12.6. The van der Waals surface area contributed by atoms with E-state index in [-0.39, 0.29) is 46.8 Å². The number of halogens is 4. The first kappa shape index (κ1) is 83.7. The summed E-state index contributed by atoms with van der Waals surface area (Å²) in [5.41, 5.74) is 19.3. The van der Waals surface area contributed by atoms with Crippen molar-refractivity contribution >= 4 is 90.3 Å². The van der Waals surface area contributed by atoms with Gasteiger partial charge in [0.25, 0.3) is 0 Å². The molecule has 6 unspecified atom stereocenters. The first-order valence-corrected chi connectivity index (χ1v) is 37.8. The number of rotatable bonds is 20. The highest BCUT2D eigenvalue weighted by molar-refractivity contribution is 7.85. The number of aliphatic hydroxyl groups is 4. The van der Waals surface area contributed by atoms with E-state index in [1.807, 2.05) is 111 Å². The van der Waals surface area contributed by atoms with Crippen molar-refractivity contribution in [3.63, 3.8) is 0 Å². The maximum Gasteiger partial charge on any atom is 0.171 e. The molecule has 0 spiro atoms. The van der Waals surface area contributed by atoms with Crippen molar-refractivity contribution in [3.8, 4) is 23.0 Å². The zero-order valence-electron chi connectivity index (χ0n) is 59.1. The number of hydrogen-bond donors (Lipinski definition) is 12. The molecule has 32 heteroatoms. The van der Waals surface area contributed by atoms with Crippen LogP contribution in [0.15, 0.2) is 24.3 Å². The summed E-state index contributed by atoms with van der Waals surface area (Å²) < 4.78 is 84.7. The van der Waals surface area contributed by atoms with Crippen molar-refractivity contribution in [1.82, 2.24) is 38.8 Å². The predicted octanol–water partition coefficient (Wildman–Crippen LogP) is 7.80. The van der Waals surface area contributed by atoms with Gasteiger partial charge in [0.2, 0.25) is 0 Å². The average molecular weight is 1500 g/mol. The van der Waals surface area contributed by atoms with Crippen molar-refractivity contribution in [2.75, 3.05) is 52.6 Å². The van der Waals surface area contributed by atoms with Crippen LogP contribution in [0.3, 0.4) is 0 Å². The molecule has 4 aromatic rings. The Labute approximate surface area is 597 Å². The molecule has 0 radical (unpaired) electrons. The second kappa shape index (κ2) is 31.0. The van der Waals surface area contributed by atoms with Gasteiger partial charge in [-0.2, -0.15) is 0 Å². The minimum atomic E-state index is -1.30. The van der Waals surface area contributed by atoms with E-state index in [0.717, 1.165) is 22.3 Å². The lowest BCUT2D eigenvalue weighted by Crippen LogP contribution is -2.49. The fraction of sp³-hybridized carbons (Fsp3) is 0.688. The number of hydrogen-bond acceptors (Lipinski definition) is 20. The van der Waals surface area contributed by atoms with Crippen LogP contribution >= 0.6 is 46.4 Å². The number of ether oxygens (including phenoxy) is 4. The smallest absolute Gasteiger partial charge is 0.171 e. The summed E-state index contributed by atoms with van der Waals surface area (Å²) in [5.74, 6) is 1.86. The zero-order valence-corrected chi connectivity index (χ0v) is 65.4. The molecule has 0 fully saturated rings. The number of fused-ring (bicyclic) bond motifs is 4. The van der Waals surface area contributed by atoms with E-state index >= 15 is 0 Å². The van der Waals surface area contributed by atoms with Crippen LogP contribution in [0, 0.1) is 0 Å². The molecule has 0 aliphatic carbocycles. The molecule has 0 aromatic carbocycles. The van der Waals surface area contributed by atoms with E-state index in [1.54, 1.807) is 52.0 Å². The molecule has 12 atom stereocenters. The molecule has 0 saturated heterocycles. The molecule has 0 amide bonds. The van der Waals surface area contributed by atoms with Crippen molar-refractivity contribution < 1.29 is 56.2 Å². The van der Waals surface area contributed by atoms with Crippen molar-refractivity contribution in [3.05, 3.63) is 89.9 Å². The third-order valence-electron chi connectivity index (χ3n) is 17.2. The Morgan fingerprint density at radius 3 is 0.656 bits per heavy atom. The Bertz CT molecular complexity index is 3100. The molecule has 4 aromatic heterocycles. The monoisotopic (exact) mass is 1500 g/mol. The van der Waals surface area contributed by atoms with Crippen LogP contribution in [-0.4, -0.2) is 129 Å². The Morgan fingerprint density at radius 2 is 0.531 bits per heavy atom. The van der Waals surface area contributed by atoms with Gasteiger partial charge in [0.15, 0.2) is 43.6 Å². The molecule has 96 heavy (non-hydrogen) atoms. The largest absolute Gasteiger partial charge is 0.488 e. The van der Waals surface area contributed by atoms with E-state index in [0.29, 0.717) is 97.9 Å². The van der Waals surface area contributed by atoms with Gasteiger partial charge in [-0.3, -0.25) is 0 Å². The van der Waals surface area contributed by atoms with Crippen LogP contribution in [-0.2, 0) is 88.5 Å². The number of nitrogens with zero attached hydrogens (tertiary/aromatic N) is 4. The van der Waals surface area contributed by atoms with E-state index in [1.165, 1.54) is 0 Å². The van der Waals surface area contributed by atoms with Gasteiger partial charge < -0.3 is 62.3 Å². The Kier molecular flexibility index (Phi) is 27.0. The number of nitrogens with one attached hydrogen (secondary N) is 4. The lowest BCUT2D eigenvalue weighted by molar-refractivity contribution is 0.0617. The third-order valence-corrected chi connectivity index (χ3v) is 25.0. The van der Waals surface area contributed by atoms with E-state index in [9.17, 15) is 37.3 Å². The lowest BCUT2D eigenvalue weighted by Gasteiger charge is -2.32. The minimum absolute atomic E-state index is 0.0104. The van der Waals surface area contributed by atoms with Gasteiger partial charge in [0.1, 0.15) is 48.8 Å². The molecule has 4 aliphatic rings. The van der Waals surface area contributed by atoms with Gasteiger partial charge in [-0.15, -0.1) is 0 Å². The number of pyridine rings is 4. The van der Waals surface area contributed by atoms with Gasteiger partial charge in [0, 0.05) is 48.4 Å². The van der Waals surface area contributed by atoms with Crippen LogP contribution in [0.4, 0.5) is 0 Å². The van der Waals surface area contributed by atoms with Gasteiger partial charge in [-0.1, -0.05) is 74.1 Å². The second-order valence-electron chi connectivity index (χ2n) is 29.4. The molecular formula is C64H104Cl4N12O12S4. The van der Waals surface area contributed by atoms with Crippen LogP contribution < -0.4 is 60.8 Å². The molecule has 8 heterocycles. The van der Waals surface area contributed by atoms with Crippen LogP contribution in [0.2, 0.25) is 20.6 Å². The molecule has 544 valence electrons. The normalized spacial score (nSPS) is 24.2. The molecule has 8 rings (SSSR count). The Morgan fingerprint density at radius 1 is 0.375 bits per heavy atom. The molecule has 16 N–H and O–H groups in total. The molecule has 24 nitrogen and oxygen atoms in total. The quantitative estimate of drug-likeness (QED) is 0.0375. The van der Waals surface area contributed by atoms with Crippen LogP contribution in [0.5, 0.6) is 23.0 Å². The molecular weight excluding hydrogens is 1400 g/mol. The minimum Gasteiger partial charge on any atom is -0.488 e. The number of nitrogens with two attached hydrogens (primary N) is 4. The fourth-order valence-corrected chi connectivity index (χ4v) is 14.6. The first-order chi connectivity index (χ1) is 43.9. The fourth-order valence-electron chi connectivity index (χ4n) is 9.71. The van der Waals surface area contributed by atoms with Crippen LogP contribution in [0.1, 0.15) is 209 Å². The molecule has 0 saturated carbocycles. The van der Waals surface area contributed by atoms with Gasteiger partial charge in [-0.05, 0) is 161 Å². The summed E-state index contributed by atoms with van der Waals surface area (Å²) in [6.07, 6.45) is 2.58. The van der Waals surface area contributed by atoms with Crippen molar-refractivity contribution in [1.29, 1.82) is 0 Å². The second-order valence-corrected chi connectivity index (χ2v) is 38.7. The lowest BCUT2D eigenvalue weighted by atomic mass is 9.89. The average Bonchev–Trinajstić information content (AvgIpc) is 1.59. The van der Waals surface area contributed by atoms with Gasteiger partial charge >= 0.3 is 0 Å². The van der Waals surface area contributed by atoms with E-state index < -0.39 is 107 Å². The predicted molar refractivity (Wildman–Crippen MR) is 385 cm³/mol. The summed E-state index contributed by atoms with van der Waals surface area (Å²) in [4.78, 5) is 16.9. The summed E-state index contributed by atoms with van der Waals surface area (Å²) in [6.45, 7) is 38.4. The van der Waals surface area contributed by atoms with Gasteiger partial charge in [0.05, 0.1) is 108 Å². The molecule has 4 aliphatic heterocycles. The Balaban J connectivity index is 0.000000231. The van der Waals surface area contributed by atoms with Crippen LogP contribution in [0.25, 0.3) is 0 Å². The highest BCUT2D eigenvalue weighted by atomic mass is 35.5. The van der Waals surface area contributed by atoms with Crippen molar-refractivity contribution in [2.24, 2.45) is 22.9 Å². The zero-order chi connectivity index (χ0) is 73.3. The summed E-state index contributed by atoms with van der Waals surface area (Å²) in [6, 6.07) is 6.99. The highest BCUT2D eigenvalue weighted by Gasteiger charge is 2.49. The highest BCUT2D eigenvalue weighted by Crippen LogP contribution is 2.49. The standard InChI is InChI=1S/4C16H26ClN3O3S/c4*1-6-16(20-24(22)14(2,3)4)9-23-12-10(16)7-11(19-13(12)17)15(5,21)8-18/h4*7,20-21H,6,8-9,18H2,1-5H3/t15-,16+,24?;2*15-,16-,24?;/m110./s1. The van der Waals surface area contributed by atoms with E-state index in [2.05, 4.69) is 38.8 Å². The summed E-state index contributed by atoms with van der Waals surface area (Å²) >= 11 is 25.0. The topological polar surface area (TPSA) is 390 Å².